The Hall–Kier alpha value is -2.10. The molecule has 0 aromatic heterocycles. The zero-order valence-corrected chi connectivity index (χ0v) is 11.5. The van der Waals surface area contributed by atoms with Gasteiger partial charge in [-0.1, -0.05) is 32.0 Å². The molecule has 0 radical (unpaired) electrons. The van der Waals surface area contributed by atoms with Crippen molar-refractivity contribution in [2.75, 3.05) is 5.32 Å². The molecule has 1 aromatic rings. The van der Waals surface area contributed by atoms with Gasteiger partial charge in [-0.05, 0) is 30.9 Å². The number of para-hydroxylation sites is 1. The summed E-state index contributed by atoms with van der Waals surface area (Å²) in [5, 5.41) is 11.5. The van der Waals surface area contributed by atoms with Gasteiger partial charge >= 0.3 is 5.97 Å². The molecule has 1 aromatic carbocycles. The quantitative estimate of drug-likeness (QED) is 0.801. The molecular formula is C15H19NO3. The predicted molar refractivity (Wildman–Crippen MR) is 75.2 cm³/mol. The van der Waals surface area contributed by atoms with Gasteiger partial charge in [-0.3, -0.25) is 4.79 Å². The first kappa shape index (κ1) is 15.0. The molecule has 0 bridgehead atoms. The van der Waals surface area contributed by atoms with Crippen LogP contribution in [0.4, 0.5) is 5.69 Å². The number of carboxylic acid groups (broad SMARTS) is 1. The van der Waals surface area contributed by atoms with E-state index in [4.69, 9.17) is 5.11 Å². The fourth-order valence-corrected chi connectivity index (χ4v) is 1.87. The molecule has 1 rings (SSSR count). The minimum atomic E-state index is -1.12. The van der Waals surface area contributed by atoms with Crippen molar-refractivity contribution >= 4 is 17.6 Å². The van der Waals surface area contributed by atoms with Gasteiger partial charge < -0.3 is 10.4 Å². The van der Waals surface area contributed by atoms with Crippen molar-refractivity contribution in [3.8, 4) is 0 Å². The molecule has 0 aliphatic rings. The van der Waals surface area contributed by atoms with Crippen LogP contribution in [0.3, 0.4) is 0 Å². The van der Waals surface area contributed by atoms with Gasteiger partial charge in [0.05, 0.1) is 0 Å². The number of aliphatic carboxylic acids is 1. The van der Waals surface area contributed by atoms with Gasteiger partial charge in [0, 0.05) is 17.3 Å². The molecule has 1 amide bonds. The molecule has 19 heavy (non-hydrogen) atoms. The summed E-state index contributed by atoms with van der Waals surface area (Å²) < 4.78 is 0. The van der Waals surface area contributed by atoms with E-state index < -0.39 is 5.97 Å². The molecule has 4 nitrogen and oxygen atoms in total. The third kappa shape index (κ3) is 3.95. The van der Waals surface area contributed by atoms with Gasteiger partial charge in [0.2, 0.25) is 0 Å². The number of nitrogens with one attached hydrogen (secondary N) is 1. The topological polar surface area (TPSA) is 66.4 Å². The summed E-state index contributed by atoms with van der Waals surface area (Å²) in [7, 11) is 0. The lowest BCUT2D eigenvalue weighted by Gasteiger charge is -2.14. The van der Waals surface area contributed by atoms with Crippen LogP contribution < -0.4 is 5.32 Å². The van der Waals surface area contributed by atoms with E-state index >= 15 is 0 Å². The second kappa shape index (κ2) is 6.73. The molecule has 0 saturated heterocycles. The standard InChI is InChI=1S/C15H19NO3/c1-4-11-7-6-8-12(5-2)14(11)16-15(19)10(3)9-13(17)18/h6-9H,4-5H2,1-3H3,(H,16,19)(H,17,18). The Bertz CT molecular complexity index is 496. The molecule has 0 spiro atoms. The van der Waals surface area contributed by atoms with E-state index in [1.54, 1.807) is 0 Å². The maximum absolute atomic E-state index is 11.9. The van der Waals surface area contributed by atoms with E-state index in [0.29, 0.717) is 0 Å². The molecule has 0 atom stereocenters. The largest absolute Gasteiger partial charge is 0.478 e. The minimum absolute atomic E-state index is 0.181. The predicted octanol–water partition coefficient (Wildman–Crippen LogP) is 2.78. The number of aryl methyl sites for hydroxylation is 2. The van der Waals surface area contributed by atoms with Crippen molar-refractivity contribution in [2.24, 2.45) is 0 Å². The number of amides is 1. The lowest BCUT2D eigenvalue weighted by atomic mass is 10.0. The molecular weight excluding hydrogens is 242 g/mol. The Kier molecular flexibility index (Phi) is 5.30. The molecule has 0 saturated carbocycles. The van der Waals surface area contributed by atoms with Crippen LogP contribution in [0, 0.1) is 0 Å². The van der Waals surface area contributed by atoms with Crippen molar-refractivity contribution in [3.63, 3.8) is 0 Å². The Labute approximate surface area is 113 Å². The fourth-order valence-electron chi connectivity index (χ4n) is 1.87. The highest BCUT2D eigenvalue weighted by atomic mass is 16.4. The summed E-state index contributed by atoms with van der Waals surface area (Å²) in [5.74, 6) is -1.50. The summed E-state index contributed by atoms with van der Waals surface area (Å²) in [6.45, 7) is 5.53. The number of hydrogen-bond acceptors (Lipinski definition) is 2. The summed E-state index contributed by atoms with van der Waals surface area (Å²) in [5.41, 5.74) is 3.09. The van der Waals surface area contributed by atoms with Crippen molar-refractivity contribution < 1.29 is 14.7 Å². The molecule has 0 heterocycles. The minimum Gasteiger partial charge on any atom is -0.478 e. The van der Waals surface area contributed by atoms with Crippen LogP contribution in [0.5, 0.6) is 0 Å². The average molecular weight is 261 g/mol. The second-order valence-electron chi connectivity index (χ2n) is 4.28. The zero-order chi connectivity index (χ0) is 14.4. The first-order valence-corrected chi connectivity index (χ1v) is 6.32. The third-order valence-electron chi connectivity index (χ3n) is 2.94. The van der Waals surface area contributed by atoms with Crippen molar-refractivity contribution in [3.05, 3.63) is 41.0 Å². The highest BCUT2D eigenvalue weighted by molar-refractivity contribution is 6.07. The van der Waals surface area contributed by atoms with Gasteiger partial charge in [-0.25, -0.2) is 4.79 Å². The van der Waals surface area contributed by atoms with Crippen LogP contribution in [-0.2, 0) is 22.4 Å². The number of benzene rings is 1. The van der Waals surface area contributed by atoms with Crippen LogP contribution in [-0.4, -0.2) is 17.0 Å². The Morgan fingerprint density at radius 2 is 1.74 bits per heavy atom. The van der Waals surface area contributed by atoms with E-state index in [1.807, 2.05) is 32.0 Å². The van der Waals surface area contributed by atoms with Crippen molar-refractivity contribution in [1.29, 1.82) is 0 Å². The number of carbonyl (C=O) groups excluding carboxylic acids is 1. The maximum Gasteiger partial charge on any atom is 0.328 e. The zero-order valence-electron chi connectivity index (χ0n) is 11.5. The lowest BCUT2D eigenvalue weighted by molar-refractivity contribution is -0.131. The van der Waals surface area contributed by atoms with E-state index in [9.17, 15) is 9.59 Å². The maximum atomic E-state index is 11.9. The van der Waals surface area contributed by atoms with Gasteiger partial charge in [0.15, 0.2) is 0 Å². The van der Waals surface area contributed by atoms with Crippen LogP contribution >= 0.6 is 0 Å². The summed E-state index contributed by atoms with van der Waals surface area (Å²) >= 11 is 0. The van der Waals surface area contributed by atoms with Gasteiger partial charge in [-0.15, -0.1) is 0 Å². The molecule has 0 aliphatic heterocycles. The Morgan fingerprint density at radius 1 is 1.21 bits per heavy atom. The number of hydrogen-bond donors (Lipinski definition) is 2. The summed E-state index contributed by atoms with van der Waals surface area (Å²) in [4.78, 5) is 22.5. The van der Waals surface area contributed by atoms with Crippen molar-refractivity contribution in [1.82, 2.24) is 0 Å². The van der Waals surface area contributed by atoms with Gasteiger partial charge in [0.25, 0.3) is 5.91 Å². The van der Waals surface area contributed by atoms with Crippen LogP contribution in [0.1, 0.15) is 31.9 Å². The highest BCUT2D eigenvalue weighted by Gasteiger charge is 2.11. The van der Waals surface area contributed by atoms with E-state index in [0.717, 1.165) is 35.7 Å². The van der Waals surface area contributed by atoms with Gasteiger partial charge in [0.1, 0.15) is 0 Å². The average Bonchev–Trinajstić information content (AvgIpc) is 2.37. The third-order valence-corrected chi connectivity index (χ3v) is 2.94. The van der Waals surface area contributed by atoms with E-state index in [1.165, 1.54) is 6.92 Å². The molecule has 4 heteroatoms. The Balaban J connectivity index is 3.05. The summed E-state index contributed by atoms with van der Waals surface area (Å²) in [6.07, 6.45) is 2.53. The number of anilines is 1. The lowest BCUT2D eigenvalue weighted by Crippen LogP contribution is -2.16. The first-order chi connectivity index (χ1) is 8.99. The van der Waals surface area contributed by atoms with Crippen molar-refractivity contribution in [2.45, 2.75) is 33.6 Å². The monoisotopic (exact) mass is 261 g/mol. The molecule has 0 fully saturated rings. The molecule has 0 aliphatic carbocycles. The SMILES string of the molecule is CCc1cccc(CC)c1NC(=O)C(C)=CC(=O)O. The van der Waals surface area contributed by atoms with E-state index in [-0.39, 0.29) is 11.5 Å². The Morgan fingerprint density at radius 3 is 2.16 bits per heavy atom. The number of carbonyl (C=O) groups is 2. The van der Waals surface area contributed by atoms with Crippen LogP contribution in [0.2, 0.25) is 0 Å². The second-order valence-corrected chi connectivity index (χ2v) is 4.28. The smallest absolute Gasteiger partial charge is 0.328 e. The van der Waals surface area contributed by atoms with Crippen LogP contribution in [0.25, 0.3) is 0 Å². The van der Waals surface area contributed by atoms with Gasteiger partial charge in [-0.2, -0.15) is 0 Å². The highest BCUT2D eigenvalue weighted by Crippen LogP contribution is 2.23. The molecule has 102 valence electrons. The number of carboxylic acids is 1. The van der Waals surface area contributed by atoms with E-state index in [2.05, 4.69) is 5.32 Å². The summed E-state index contributed by atoms with van der Waals surface area (Å²) in [6, 6.07) is 5.89. The fraction of sp³-hybridized carbons (Fsp3) is 0.333. The first-order valence-electron chi connectivity index (χ1n) is 6.32. The molecule has 2 N–H and O–H groups in total. The number of rotatable bonds is 5. The van der Waals surface area contributed by atoms with Crippen LogP contribution in [0.15, 0.2) is 29.8 Å². The normalized spacial score (nSPS) is 11.2. The molecule has 0 unspecified atom stereocenters.